The molecular formula is C11H10F3NO3. The number of rotatable bonds is 3. The third kappa shape index (κ3) is 3.12. The van der Waals surface area contributed by atoms with Gasteiger partial charge < -0.3 is 15.3 Å². The smallest absolute Gasteiger partial charge is 0.416 e. The number of aliphatic hydroxyl groups is 2. The molecule has 0 bridgehead atoms. The van der Waals surface area contributed by atoms with E-state index in [1.807, 2.05) is 0 Å². The second kappa shape index (κ2) is 5.25. The largest absolute Gasteiger partial charge is 0.508 e. The zero-order chi connectivity index (χ0) is 13.9. The molecule has 0 aliphatic heterocycles. The standard InChI is InChI=1S/C11H10F3NO3/c12-11(13,14)8-5-6(16)1-2-7(8)10(18)9(17)3-4-15/h1-2,5,9-10,16-18H,3H2. The van der Waals surface area contributed by atoms with Gasteiger partial charge in [-0.15, -0.1) is 0 Å². The van der Waals surface area contributed by atoms with E-state index in [9.17, 15) is 23.4 Å². The van der Waals surface area contributed by atoms with E-state index in [1.165, 1.54) is 0 Å². The van der Waals surface area contributed by atoms with E-state index < -0.39 is 41.7 Å². The van der Waals surface area contributed by atoms with Crippen LogP contribution in [0.1, 0.15) is 23.7 Å². The number of benzene rings is 1. The summed E-state index contributed by atoms with van der Waals surface area (Å²) in [5.74, 6) is -0.604. The summed E-state index contributed by atoms with van der Waals surface area (Å²) in [6.07, 6.45) is -8.75. The van der Waals surface area contributed by atoms with Gasteiger partial charge in [0, 0.05) is 0 Å². The lowest BCUT2D eigenvalue weighted by atomic mass is 9.96. The van der Waals surface area contributed by atoms with Gasteiger partial charge in [0.15, 0.2) is 0 Å². The maximum Gasteiger partial charge on any atom is 0.416 e. The number of phenolic OH excluding ortho intramolecular Hbond substituents is 1. The first-order chi connectivity index (χ1) is 8.27. The fourth-order valence-electron chi connectivity index (χ4n) is 1.46. The average Bonchev–Trinajstić information content (AvgIpc) is 2.27. The molecule has 0 heterocycles. The predicted molar refractivity (Wildman–Crippen MR) is 54.3 cm³/mol. The zero-order valence-electron chi connectivity index (χ0n) is 9.02. The summed E-state index contributed by atoms with van der Waals surface area (Å²) in [6, 6.07) is 3.83. The van der Waals surface area contributed by atoms with Crippen LogP contribution < -0.4 is 0 Å². The minimum absolute atomic E-state index is 0.456. The maximum absolute atomic E-state index is 12.7. The number of nitrogens with zero attached hydrogens (tertiary/aromatic N) is 1. The molecule has 0 amide bonds. The first-order valence-electron chi connectivity index (χ1n) is 4.90. The van der Waals surface area contributed by atoms with E-state index in [-0.39, 0.29) is 0 Å². The average molecular weight is 261 g/mol. The predicted octanol–water partition coefficient (Wildman–Crippen LogP) is 1.72. The molecule has 2 unspecified atom stereocenters. The Morgan fingerprint density at radius 2 is 1.89 bits per heavy atom. The SMILES string of the molecule is N#CCC(O)C(O)c1ccc(O)cc1C(F)(F)F. The Morgan fingerprint density at radius 1 is 1.28 bits per heavy atom. The maximum atomic E-state index is 12.7. The van der Waals surface area contributed by atoms with Crippen LogP contribution in [-0.4, -0.2) is 21.4 Å². The van der Waals surface area contributed by atoms with Crippen LogP contribution in [0.15, 0.2) is 18.2 Å². The van der Waals surface area contributed by atoms with Gasteiger partial charge in [-0.1, -0.05) is 6.07 Å². The van der Waals surface area contributed by atoms with Crippen LogP contribution in [0.2, 0.25) is 0 Å². The fraction of sp³-hybridized carbons (Fsp3) is 0.364. The number of nitriles is 1. The van der Waals surface area contributed by atoms with Gasteiger partial charge in [-0.05, 0) is 17.7 Å². The van der Waals surface area contributed by atoms with Gasteiger partial charge in [-0.3, -0.25) is 0 Å². The van der Waals surface area contributed by atoms with E-state index in [1.54, 1.807) is 6.07 Å². The summed E-state index contributed by atoms with van der Waals surface area (Å²) in [6.45, 7) is 0. The van der Waals surface area contributed by atoms with Crippen molar-refractivity contribution in [3.05, 3.63) is 29.3 Å². The van der Waals surface area contributed by atoms with Gasteiger partial charge >= 0.3 is 6.18 Å². The molecule has 0 saturated heterocycles. The summed E-state index contributed by atoms with van der Waals surface area (Å²) in [5.41, 5.74) is -1.82. The third-order valence-corrected chi connectivity index (χ3v) is 2.33. The van der Waals surface area contributed by atoms with Crippen LogP contribution in [0, 0.1) is 11.3 Å². The van der Waals surface area contributed by atoms with Gasteiger partial charge in [0.05, 0.1) is 24.2 Å². The van der Waals surface area contributed by atoms with Gasteiger partial charge in [-0.2, -0.15) is 18.4 Å². The number of aliphatic hydroxyl groups excluding tert-OH is 2. The molecule has 4 nitrogen and oxygen atoms in total. The summed E-state index contributed by atoms with van der Waals surface area (Å²) in [7, 11) is 0. The molecule has 98 valence electrons. The quantitative estimate of drug-likeness (QED) is 0.773. The first kappa shape index (κ1) is 14.3. The van der Waals surface area contributed by atoms with Gasteiger partial charge in [-0.25, -0.2) is 0 Å². The molecule has 18 heavy (non-hydrogen) atoms. The first-order valence-corrected chi connectivity index (χ1v) is 4.90. The molecule has 0 saturated carbocycles. The lowest BCUT2D eigenvalue weighted by Gasteiger charge is -2.20. The molecule has 1 rings (SSSR count). The van der Waals surface area contributed by atoms with E-state index in [0.29, 0.717) is 6.07 Å². The minimum atomic E-state index is -4.78. The molecule has 1 aromatic rings. The Morgan fingerprint density at radius 3 is 2.39 bits per heavy atom. The topological polar surface area (TPSA) is 84.5 Å². The van der Waals surface area contributed by atoms with Crippen molar-refractivity contribution in [3.63, 3.8) is 0 Å². The number of hydrogen-bond acceptors (Lipinski definition) is 4. The highest BCUT2D eigenvalue weighted by Gasteiger charge is 2.36. The second-order valence-corrected chi connectivity index (χ2v) is 3.64. The summed E-state index contributed by atoms with van der Waals surface area (Å²) >= 11 is 0. The molecule has 3 N–H and O–H groups in total. The van der Waals surface area contributed by atoms with Crippen LogP contribution in [-0.2, 0) is 6.18 Å². The van der Waals surface area contributed by atoms with E-state index in [4.69, 9.17) is 10.4 Å². The van der Waals surface area contributed by atoms with Crippen molar-refractivity contribution in [1.82, 2.24) is 0 Å². The third-order valence-electron chi connectivity index (χ3n) is 2.33. The van der Waals surface area contributed by atoms with E-state index in [2.05, 4.69) is 0 Å². The molecule has 0 radical (unpaired) electrons. The van der Waals surface area contributed by atoms with Gasteiger partial charge in [0.2, 0.25) is 0 Å². The van der Waals surface area contributed by atoms with Crippen molar-refractivity contribution in [2.24, 2.45) is 0 Å². The normalized spacial score (nSPS) is 14.9. The molecule has 2 atom stereocenters. The molecule has 0 spiro atoms. The lowest BCUT2D eigenvalue weighted by Crippen LogP contribution is -2.21. The Kier molecular flexibility index (Phi) is 4.16. The molecule has 0 aliphatic carbocycles. The van der Waals surface area contributed by atoms with Crippen molar-refractivity contribution in [2.45, 2.75) is 24.8 Å². The Hall–Kier alpha value is -1.78. The van der Waals surface area contributed by atoms with Crippen molar-refractivity contribution in [2.75, 3.05) is 0 Å². The van der Waals surface area contributed by atoms with Crippen LogP contribution in [0.4, 0.5) is 13.2 Å². The molecule has 0 aromatic heterocycles. The number of halogens is 3. The molecule has 7 heteroatoms. The number of alkyl halides is 3. The molecule has 0 fully saturated rings. The van der Waals surface area contributed by atoms with Crippen LogP contribution in [0.25, 0.3) is 0 Å². The lowest BCUT2D eigenvalue weighted by molar-refractivity contribution is -0.140. The summed E-state index contributed by atoms with van der Waals surface area (Å²) in [4.78, 5) is 0. The van der Waals surface area contributed by atoms with Crippen molar-refractivity contribution < 1.29 is 28.5 Å². The Balaban J connectivity index is 3.20. The second-order valence-electron chi connectivity index (χ2n) is 3.64. The van der Waals surface area contributed by atoms with Gasteiger partial charge in [0.1, 0.15) is 11.9 Å². The van der Waals surface area contributed by atoms with Gasteiger partial charge in [0.25, 0.3) is 0 Å². The molecular weight excluding hydrogens is 251 g/mol. The van der Waals surface area contributed by atoms with Crippen LogP contribution in [0.5, 0.6) is 5.75 Å². The number of phenols is 1. The Bertz CT molecular complexity index is 468. The fourth-order valence-corrected chi connectivity index (χ4v) is 1.46. The molecule has 1 aromatic carbocycles. The zero-order valence-corrected chi connectivity index (χ0v) is 9.02. The van der Waals surface area contributed by atoms with E-state index in [0.717, 1.165) is 12.1 Å². The van der Waals surface area contributed by atoms with Crippen molar-refractivity contribution in [3.8, 4) is 11.8 Å². The Labute approximate surface area is 101 Å². The van der Waals surface area contributed by atoms with Crippen LogP contribution >= 0.6 is 0 Å². The van der Waals surface area contributed by atoms with Crippen LogP contribution in [0.3, 0.4) is 0 Å². The highest BCUT2D eigenvalue weighted by molar-refractivity contribution is 5.38. The monoisotopic (exact) mass is 261 g/mol. The number of hydrogen-bond donors (Lipinski definition) is 3. The summed E-state index contributed by atoms with van der Waals surface area (Å²) in [5, 5.41) is 36.3. The van der Waals surface area contributed by atoms with Crippen molar-refractivity contribution >= 4 is 0 Å². The molecule has 0 aliphatic rings. The van der Waals surface area contributed by atoms with Crippen molar-refractivity contribution in [1.29, 1.82) is 5.26 Å². The minimum Gasteiger partial charge on any atom is -0.508 e. The van der Waals surface area contributed by atoms with E-state index >= 15 is 0 Å². The highest BCUT2D eigenvalue weighted by atomic mass is 19.4. The summed E-state index contributed by atoms with van der Waals surface area (Å²) < 4.78 is 38.0. The highest BCUT2D eigenvalue weighted by Crippen LogP contribution is 2.37. The number of aromatic hydroxyl groups is 1.